The van der Waals surface area contributed by atoms with Gasteiger partial charge in [-0.15, -0.1) is 0 Å². The highest BCUT2D eigenvalue weighted by Gasteiger charge is 2.18. The Hall–Kier alpha value is -2.34. The molecule has 2 N–H and O–H groups in total. The highest BCUT2D eigenvalue weighted by molar-refractivity contribution is 9.10. The Morgan fingerprint density at radius 1 is 1.11 bits per heavy atom. The first kappa shape index (κ1) is 22.0. The molecular formula is C22H27BrN2O3. The van der Waals surface area contributed by atoms with Gasteiger partial charge in [-0.1, -0.05) is 28.9 Å². The molecule has 150 valence electrons. The number of hydrogen-bond acceptors (Lipinski definition) is 3. The van der Waals surface area contributed by atoms with Crippen LogP contribution in [0.4, 0.5) is 5.69 Å². The number of amides is 2. The van der Waals surface area contributed by atoms with Crippen molar-refractivity contribution in [2.24, 2.45) is 0 Å². The average Bonchev–Trinajstić information content (AvgIpc) is 2.64. The largest absolute Gasteiger partial charge is 0.480 e. The fraction of sp³-hybridized carbons (Fsp3) is 0.364. The summed E-state index contributed by atoms with van der Waals surface area (Å²) in [7, 11) is 0. The Kier molecular flexibility index (Phi) is 7.63. The van der Waals surface area contributed by atoms with Crippen molar-refractivity contribution in [3.63, 3.8) is 0 Å². The lowest BCUT2D eigenvalue weighted by Gasteiger charge is -2.18. The van der Waals surface area contributed by atoms with Gasteiger partial charge in [0.05, 0.1) is 0 Å². The van der Waals surface area contributed by atoms with Gasteiger partial charge in [-0.3, -0.25) is 9.59 Å². The zero-order chi connectivity index (χ0) is 20.8. The van der Waals surface area contributed by atoms with Crippen LogP contribution in [-0.2, 0) is 4.79 Å². The predicted octanol–water partition coefficient (Wildman–Crippen LogP) is 5.00. The van der Waals surface area contributed by atoms with Crippen molar-refractivity contribution in [3.05, 3.63) is 57.6 Å². The van der Waals surface area contributed by atoms with Crippen LogP contribution >= 0.6 is 15.9 Å². The Morgan fingerprint density at radius 3 is 2.36 bits per heavy atom. The van der Waals surface area contributed by atoms with Gasteiger partial charge in [0.25, 0.3) is 11.8 Å². The first-order valence-corrected chi connectivity index (χ1v) is 10.2. The highest BCUT2D eigenvalue weighted by atomic mass is 79.9. The van der Waals surface area contributed by atoms with E-state index in [2.05, 4.69) is 26.6 Å². The number of ether oxygens (including phenoxy) is 1. The van der Waals surface area contributed by atoms with Crippen molar-refractivity contribution in [1.29, 1.82) is 0 Å². The van der Waals surface area contributed by atoms with Gasteiger partial charge in [-0.05, 0) is 75.6 Å². The summed E-state index contributed by atoms with van der Waals surface area (Å²) in [4.78, 5) is 24.8. The third kappa shape index (κ3) is 5.83. The van der Waals surface area contributed by atoms with E-state index in [-0.39, 0.29) is 17.9 Å². The van der Waals surface area contributed by atoms with Gasteiger partial charge in [-0.25, -0.2) is 0 Å². The smallest absolute Gasteiger partial charge is 0.265 e. The highest BCUT2D eigenvalue weighted by Crippen LogP contribution is 2.28. The van der Waals surface area contributed by atoms with Crippen LogP contribution in [0.15, 0.2) is 40.9 Å². The molecular weight excluding hydrogens is 420 g/mol. The van der Waals surface area contributed by atoms with E-state index in [1.165, 1.54) is 0 Å². The maximum absolute atomic E-state index is 12.6. The molecule has 0 bridgehead atoms. The second-order valence-electron chi connectivity index (χ2n) is 6.98. The number of aryl methyl sites for hydroxylation is 2. The maximum Gasteiger partial charge on any atom is 0.265 e. The zero-order valence-electron chi connectivity index (χ0n) is 16.9. The van der Waals surface area contributed by atoms with E-state index in [4.69, 9.17) is 4.74 Å². The van der Waals surface area contributed by atoms with Gasteiger partial charge in [0.2, 0.25) is 0 Å². The molecule has 0 aliphatic rings. The monoisotopic (exact) mass is 446 g/mol. The number of carbonyl (C=O) groups excluding carboxylic acids is 2. The lowest BCUT2D eigenvalue weighted by molar-refractivity contribution is -0.122. The van der Waals surface area contributed by atoms with Crippen molar-refractivity contribution in [2.75, 3.05) is 5.32 Å². The minimum atomic E-state index is -0.684. The number of anilines is 1. The summed E-state index contributed by atoms with van der Waals surface area (Å²) < 4.78 is 6.87. The third-order valence-corrected chi connectivity index (χ3v) is 4.93. The molecule has 0 fully saturated rings. The van der Waals surface area contributed by atoms with Gasteiger partial charge < -0.3 is 15.4 Å². The Labute approximate surface area is 175 Å². The summed E-state index contributed by atoms with van der Waals surface area (Å²) in [6.45, 7) is 9.55. The number of hydrogen-bond donors (Lipinski definition) is 2. The Morgan fingerprint density at radius 2 is 1.75 bits per heavy atom. The van der Waals surface area contributed by atoms with Crippen molar-refractivity contribution >= 4 is 33.4 Å². The van der Waals surface area contributed by atoms with Crippen LogP contribution in [0.3, 0.4) is 0 Å². The molecule has 6 heteroatoms. The molecule has 2 aromatic rings. The van der Waals surface area contributed by atoms with Crippen LogP contribution in [0, 0.1) is 13.8 Å². The van der Waals surface area contributed by atoms with Gasteiger partial charge in [0.15, 0.2) is 6.10 Å². The summed E-state index contributed by atoms with van der Waals surface area (Å²) in [5.41, 5.74) is 2.97. The minimum Gasteiger partial charge on any atom is -0.480 e. The minimum absolute atomic E-state index is 0.0940. The second kappa shape index (κ2) is 9.73. The molecule has 0 aromatic heterocycles. The maximum atomic E-state index is 12.6. The molecule has 2 atom stereocenters. The Bertz CT molecular complexity index is 844. The average molecular weight is 447 g/mol. The molecule has 0 heterocycles. The van der Waals surface area contributed by atoms with Crippen LogP contribution in [0.2, 0.25) is 0 Å². The third-order valence-electron chi connectivity index (χ3n) is 4.47. The molecule has 0 saturated heterocycles. The number of halogens is 1. The van der Waals surface area contributed by atoms with Crippen LogP contribution in [0.5, 0.6) is 5.75 Å². The standard InChI is InChI=1S/C22H27BrN2O3/c1-6-15(4)24-22(27)17-8-7-9-19(12-17)25-21(26)16(5)28-20-13(2)10-18(23)11-14(20)3/h7-12,15-16H,6H2,1-5H3,(H,24,27)(H,25,26). The first-order chi connectivity index (χ1) is 13.2. The first-order valence-electron chi connectivity index (χ1n) is 9.36. The molecule has 0 saturated carbocycles. The van der Waals surface area contributed by atoms with Crippen molar-refractivity contribution in [3.8, 4) is 5.75 Å². The fourth-order valence-corrected chi connectivity index (χ4v) is 3.39. The van der Waals surface area contributed by atoms with Crippen molar-refractivity contribution in [1.82, 2.24) is 5.32 Å². The van der Waals surface area contributed by atoms with Gasteiger partial charge in [-0.2, -0.15) is 0 Å². The van der Waals surface area contributed by atoms with Crippen molar-refractivity contribution in [2.45, 2.75) is 53.2 Å². The van der Waals surface area contributed by atoms with Crippen LogP contribution in [0.1, 0.15) is 48.7 Å². The van der Waals surface area contributed by atoms with Crippen LogP contribution in [0.25, 0.3) is 0 Å². The number of carbonyl (C=O) groups is 2. The number of rotatable bonds is 7. The number of nitrogens with one attached hydrogen (secondary N) is 2. The molecule has 0 spiro atoms. The van der Waals surface area contributed by atoms with Gasteiger partial charge in [0, 0.05) is 21.8 Å². The molecule has 0 aliphatic carbocycles. The van der Waals surface area contributed by atoms with E-state index in [9.17, 15) is 9.59 Å². The molecule has 0 aliphatic heterocycles. The summed E-state index contributed by atoms with van der Waals surface area (Å²) in [5.74, 6) is 0.268. The van der Waals surface area contributed by atoms with Gasteiger partial charge >= 0.3 is 0 Å². The van der Waals surface area contributed by atoms with Gasteiger partial charge in [0.1, 0.15) is 5.75 Å². The zero-order valence-corrected chi connectivity index (χ0v) is 18.5. The van der Waals surface area contributed by atoms with E-state index in [1.54, 1.807) is 31.2 Å². The normalized spacial score (nSPS) is 12.8. The topological polar surface area (TPSA) is 67.4 Å². The molecule has 0 radical (unpaired) electrons. The molecule has 5 nitrogen and oxygen atoms in total. The summed E-state index contributed by atoms with van der Waals surface area (Å²) in [6, 6.07) is 10.9. The van der Waals surface area contributed by atoms with E-state index in [1.807, 2.05) is 39.8 Å². The number of benzene rings is 2. The quantitative estimate of drug-likeness (QED) is 0.628. The lowest BCUT2D eigenvalue weighted by Crippen LogP contribution is -2.32. The van der Waals surface area contributed by atoms with E-state index < -0.39 is 6.10 Å². The fourth-order valence-electron chi connectivity index (χ4n) is 2.70. The Balaban J connectivity index is 2.06. The van der Waals surface area contributed by atoms with Crippen LogP contribution < -0.4 is 15.4 Å². The summed E-state index contributed by atoms with van der Waals surface area (Å²) in [6.07, 6.45) is 0.169. The second-order valence-corrected chi connectivity index (χ2v) is 7.90. The van der Waals surface area contributed by atoms with Crippen LogP contribution in [-0.4, -0.2) is 24.0 Å². The van der Waals surface area contributed by atoms with E-state index in [0.29, 0.717) is 17.0 Å². The SMILES string of the molecule is CCC(C)NC(=O)c1cccc(NC(=O)C(C)Oc2c(C)cc(Br)cc2C)c1. The van der Waals surface area contributed by atoms with E-state index in [0.717, 1.165) is 22.0 Å². The van der Waals surface area contributed by atoms with E-state index >= 15 is 0 Å². The summed E-state index contributed by atoms with van der Waals surface area (Å²) >= 11 is 3.46. The molecule has 2 aromatic carbocycles. The molecule has 2 amide bonds. The predicted molar refractivity (Wildman–Crippen MR) is 116 cm³/mol. The lowest BCUT2D eigenvalue weighted by atomic mass is 10.1. The molecule has 2 rings (SSSR count). The van der Waals surface area contributed by atoms with Crippen molar-refractivity contribution < 1.29 is 14.3 Å². The molecule has 2 unspecified atom stereocenters. The molecule has 28 heavy (non-hydrogen) atoms. The summed E-state index contributed by atoms with van der Waals surface area (Å²) in [5, 5.41) is 5.74.